The molecule has 7 atom stereocenters. The van der Waals surface area contributed by atoms with Gasteiger partial charge in [0.25, 0.3) is 11.2 Å². The fourth-order valence-electron chi connectivity index (χ4n) is 6.07. The number of aromatic amines is 1. The molecule has 27 heteroatoms. The van der Waals surface area contributed by atoms with Crippen LogP contribution < -0.4 is 48.3 Å². The summed E-state index contributed by atoms with van der Waals surface area (Å²) in [4.78, 5) is 99.3. The van der Waals surface area contributed by atoms with Gasteiger partial charge < -0.3 is 62.2 Å². The summed E-state index contributed by atoms with van der Waals surface area (Å²) in [5.74, 6) is -4.85. The molecule has 0 bridgehead atoms. The first kappa shape index (κ1) is 51.8. The fraction of sp³-hybridized carbons (Fsp3) is 0.325. The number of non-ortho nitro benzene ring substituents is 1. The maximum Gasteiger partial charge on any atom is 0.490 e. The van der Waals surface area contributed by atoms with E-state index in [9.17, 15) is 67.4 Å². The van der Waals surface area contributed by atoms with Gasteiger partial charge in [0.15, 0.2) is 6.23 Å². The number of anilines is 1. The molecule has 1 fully saturated rings. The van der Waals surface area contributed by atoms with Gasteiger partial charge in [-0.2, -0.15) is 13.2 Å². The van der Waals surface area contributed by atoms with Crippen molar-refractivity contribution in [2.45, 2.75) is 61.7 Å². The van der Waals surface area contributed by atoms with Crippen LogP contribution in [0.2, 0.25) is 0 Å². The third-order valence-electron chi connectivity index (χ3n) is 9.58. The summed E-state index contributed by atoms with van der Waals surface area (Å²) in [6.45, 7) is -1.04. The molecule has 1 saturated heterocycles. The molecule has 0 spiro atoms. The number of methoxy groups -OCH3 is 1. The van der Waals surface area contributed by atoms with Gasteiger partial charge in [-0.25, -0.2) is 14.4 Å². The van der Waals surface area contributed by atoms with Crippen molar-refractivity contribution in [2.24, 2.45) is 5.73 Å². The molecule has 5 amide bonds. The van der Waals surface area contributed by atoms with Crippen LogP contribution in [-0.2, 0) is 36.8 Å². The summed E-state index contributed by atoms with van der Waals surface area (Å²) in [5, 5.41) is 62.0. The molecule has 0 unspecified atom stereocenters. The molecule has 1 aromatic heterocycles. The number of carboxylic acid groups (broad SMARTS) is 1. The predicted molar refractivity (Wildman–Crippen MR) is 224 cm³/mol. The van der Waals surface area contributed by atoms with Gasteiger partial charge in [-0.15, -0.1) is 0 Å². The van der Waals surface area contributed by atoms with Crippen molar-refractivity contribution in [3.63, 3.8) is 0 Å². The highest BCUT2D eigenvalue weighted by Gasteiger charge is 2.44. The van der Waals surface area contributed by atoms with Crippen molar-refractivity contribution in [3.05, 3.63) is 127 Å². The molecule has 24 nitrogen and oxygen atoms in total. The SMILES string of the molecule is COc1ccc(NC(=O)N[C@@H](Cc2ccc(O)cc2)C(=O)N[C@@H](CNC(=O)[C@@H](N)Cc2ccc([N+](=O)[O-])cc2)C(=O)NC[C@H]2O[C@@H](n3ccc(=O)[nH]c3=O)[C@H](O)[C@@H]2O)cc1.O=C(O)C(F)(F)F. The maximum atomic E-state index is 14.0. The number of hydrogen-bond acceptors (Lipinski definition) is 15. The van der Waals surface area contributed by atoms with Crippen LogP contribution >= 0.6 is 0 Å². The van der Waals surface area contributed by atoms with E-state index in [0.29, 0.717) is 22.6 Å². The van der Waals surface area contributed by atoms with E-state index < -0.39 is 108 Å². The summed E-state index contributed by atoms with van der Waals surface area (Å²) in [6, 6.07) is 13.6. The number of amides is 5. The van der Waals surface area contributed by atoms with Crippen molar-refractivity contribution in [1.29, 1.82) is 0 Å². The molecule has 4 aromatic rings. The zero-order chi connectivity index (χ0) is 49.6. The first-order chi connectivity index (χ1) is 31.6. The Kier molecular flexibility index (Phi) is 18.0. The number of carboxylic acids is 1. The third kappa shape index (κ3) is 15.4. The largest absolute Gasteiger partial charge is 0.508 e. The number of nitrogens with two attached hydrogens (primary N) is 1. The first-order valence-corrected chi connectivity index (χ1v) is 19.5. The highest BCUT2D eigenvalue weighted by atomic mass is 19.4. The first-order valence-electron chi connectivity index (χ1n) is 19.5. The number of alkyl halides is 3. The minimum absolute atomic E-state index is 0.0478. The molecule has 1 aliphatic heterocycles. The van der Waals surface area contributed by atoms with Crippen molar-refractivity contribution < 1.29 is 72.0 Å². The Labute approximate surface area is 375 Å². The van der Waals surface area contributed by atoms with Crippen LogP contribution in [0.15, 0.2) is 94.6 Å². The average Bonchev–Trinajstić information content (AvgIpc) is 3.56. The molecule has 0 saturated carbocycles. The van der Waals surface area contributed by atoms with Crippen LogP contribution in [0.25, 0.3) is 0 Å². The minimum Gasteiger partial charge on any atom is -0.508 e. The predicted octanol–water partition coefficient (Wildman–Crippen LogP) is -0.868. The number of carbonyl (C=O) groups is 5. The molecule has 2 heterocycles. The van der Waals surface area contributed by atoms with Gasteiger partial charge in [-0.1, -0.05) is 24.3 Å². The second-order valence-electron chi connectivity index (χ2n) is 14.4. The zero-order valence-electron chi connectivity index (χ0n) is 34.8. The number of phenols is 1. The number of halogens is 3. The quantitative estimate of drug-likeness (QED) is 0.0453. The lowest BCUT2D eigenvalue weighted by Gasteiger charge is -2.25. The molecule has 1 aliphatic rings. The molecule has 0 aliphatic carbocycles. The van der Waals surface area contributed by atoms with E-state index in [1.165, 1.54) is 55.6 Å². The summed E-state index contributed by atoms with van der Waals surface area (Å²) in [7, 11) is 1.48. The van der Waals surface area contributed by atoms with E-state index in [2.05, 4.69) is 26.6 Å². The topological polar surface area (TPSA) is 369 Å². The van der Waals surface area contributed by atoms with Crippen LogP contribution in [0.1, 0.15) is 17.4 Å². The van der Waals surface area contributed by atoms with E-state index in [1.54, 1.807) is 24.3 Å². The Hall–Kier alpha value is -7.88. The molecule has 12 N–H and O–H groups in total. The van der Waals surface area contributed by atoms with Gasteiger partial charge in [-0.05, 0) is 53.9 Å². The number of nitrogens with zero attached hydrogens (tertiary/aromatic N) is 2. The highest BCUT2D eigenvalue weighted by Crippen LogP contribution is 2.28. The number of aromatic hydroxyl groups is 1. The molecule has 0 radical (unpaired) electrons. The van der Waals surface area contributed by atoms with E-state index in [1.807, 2.05) is 4.98 Å². The zero-order valence-corrected chi connectivity index (χ0v) is 34.8. The normalized spacial score (nSPS) is 17.8. The molecule has 3 aromatic carbocycles. The molecule has 5 rings (SSSR count). The monoisotopic (exact) mass is 947 g/mol. The Morgan fingerprint density at radius 3 is 2.03 bits per heavy atom. The number of rotatable bonds is 17. The van der Waals surface area contributed by atoms with Crippen LogP contribution in [-0.4, -0.2) is 127 Å². The molecule has 67 heavy (non-hydrogen) atoms. The molecular weight excluding hydrogens is 903 g/mol. The number of hydrogen-bond donors (Lipinski definition) is 11. The Bertz CT molecular complexity index is 2490. The Morgan fingerprint density at radius 1 is 0.866 bits per heavy atom. The smallest absolute Gasteiger partial charge is 0.490 e. The number of aliphatic hydroxyl groups excluding tert-OH is 2. The van der Waals surface area contributed by atoms with Crippen LogP contribution in [0.5, 0.6) is 11.5 Å². The Morgan fingerprint density at radius 2 is 1.46 bits per heavy atom. The van der Waals surface area contributed by atoms with Crippen LogP contribution in [0.4, 0.5) is 29.3 Å². The number of aromatic nitrogens is 2. The van der Waals surface area contributed by atoms with Gasteiger partial charge in [0.1, 0.15) is 41.9 Å². The number of nitro groups is 1. The summed E-state index contributed by atoms with van der Waals surface area (Å²) < 4.78 is 43.4. The van der Waals surface area contributed by atoms with Crippen LogP contribution in [0.3, 0.4) is 0 Å². The van der Waals surface area contributed by atoms with Gasteiger partial charge in [-0.3, -0.25) is 38.8 Å². The van der Waals surface area contributed by atoms with Crippen molar-refractivity contribution in [2.75, 3.05) is 25.5 Å². The summed E-state index contributed by atoms with van der Waals surface area (Å²) in [5.41, 5.74) is 5.68. The second kappa shape index (κ2) is 23.3. The van der Waals surface area contributed by atoms with Gasteiger partial charge >= 0.3 is 23.9 Å². The number of phenolic OH excluding ortho intramolecular Hbond substituents is 1. The van der Waals surface area contributed by atoms with E-state index in [-0.39, 0.29) is 24.3 Å². The number of ether oxygens (including phenoxy) is 2. The van der Waals surface area contributed by atoms with E-state index >= 15 is 0 Å². The van der Waals surface area contributed by atoms with Crippen LogP contribution in [0, 0.1) is 10.1 Å². The Balaban J connectivity index is 0.00000129. The van der Waals surface area contributed by atoms with Gasteiger partial charge in [0.2, 0.25) is 17.7 Å². The lowest BCUT2D eigenvalue weighted by molar-refractivity contribution is -0.384. The molecule has 360 valence electrons. The number of aliphatic hydroxyl groups is 2. The second-order valence-corrected chi connectivity index (χ2v) is 14.4. The van der Waals surface area contributed by atoms with E-state index in [0.717, 1.165) is 16.8 Å². The van der Waals surface area contributed by atoms with Gasteiger partial charge in [0.05, 0.1) is 18.1 Å². The number of aliphatic carboxylic acids is 1. The standard InChI is InChI=1S/C38H43N9O13.C2HF3O2/c1-59-25-12-6-22(7-13-25)42-37(55)44-27(17-21-4-10-24(48)11-5-21)35(54)43-28(18-40-33(52)26(39)16-20-2-8-23(9-3-20)47(57)58)34(53)41-19-29-31(50)32(51)36(60-29)46-15-14-30(49)45-38(46)56;3-2(4,5)1(6)7/h2-15,26-29,31-32,36,48,50-51H,16-19,39H2,1H3,(H,40,52)(H,41,53)(H,43,54)(H2,42,44,55)(H,45,49,56);(H,6,7)/t26-,27-,28-,29+,31+,32+,36+;/m0./s1. The summed E-state index contributed by atoms with van der Waals surface area (Å²) in [6.07, 6.45) is -10.3. The number of nitrogens with one attached hydrogen (secondary N) is 6. The molecular formula is C40H44F3N9O15. The maximum absolute atomic E-state index is 14.0. The number of benzene rings is 3. The van der Waals surface area contributed by atoms with E-state index in [4.69, 9.17) is 25.1 Å². The summed E-state index contributed by atoms with van der Waals surface area (Å²) >= 11 is 0. The number of carbonyl (C=O) groups excluding carboxylic acids is 4. The third-order valence-corrected chi connectivity index (χ3v) is 9.58. The lowest BCUT2D eigenvalue weighted by atomic mass is 10.0. The van der Waals surface area contributed by atoms with Gasteiger partial charge in [0, 0.05) is 49.6 Å². The minimum atomic E-state index is -5.08. The number of urea groups is 1. The van der Waals surface area contributed by atoms with Crippen molar-refractivity contribution in [1.82, 2.24) is 30.8 Å². The van der Waals surface area contributed by atoms with Crippen molar-refractivity contribution in [3.8, 4) is 11.5 Å². The lowest BCUT2D eigenvalue weighted by Crippen LogP contribution is -2.59. The fourth-order valence-corrected chi connectivity index (χ4v) is 6.07. The highest BCUT2D eigenvalue weighted by molar-refractivity contribution is 5.96. The number of H-pyrrole nitrogens is 1. The number of nitro benzene ring substituents is 1. The average molecular weight is 948 g/mol. The van der Waals surface area contributed by atoms with Crippen molar-refractivity contribution >= 4 is 41.1 Å².